The highest BCUT2D eigenvalue weighted by Crippen LogP contribution is 2.47. The predicted octanol–water partition coefficient (Wildman–Crippen LogP) is 13.0. The van der Waals surface area contributed by atoms with Gasteiger partial charge in [0.15, 0.2) is 0 Å². The summed E-state index contributed by atoms with van der Waals surface area (Å²) < 4.78 is 0. The van der Waals surface area contributed by atoms with Gasteiger partial charge in [-0.2, -0.15) is 0 Å². The predicted molar refractivity (Wildman–Crippen MR) is 198 cm³/mol. The van der Waals surface area contributed by atoms with Crippen molar-refractivity contribution in [2.45, 2.75) is 0 Å². The van der Waals surface area contributed by atoms with E-state index in [1.54, 1.807) is 0 Å². The third-order valence-corrected chi connectivity index (χ3v) is 9.47. The molecule has 0 heteroatoms. The lowest BCUT2D eigenvalue weighted by molar-refractivity contribution is 1.61. The number of rotatable bonds is 4. The standard InChI is InChI=1S/C46H30/c1-3-11-31(12-4-1)33-19-23-36(24-20-33)44-40-17-9-10-18-41(40)45(37-25-21-34(22-26-37)32-13-5-2-6-14-32)46-42-28-27-35-15-7-8-16-38(35)39(42)29-30-43(44)46/h1-30H. The molecular formula is C46H30. The Bertz CT molecular complexity index is 2520. The van der Waals surface area contributed by atoms with E-state index in [1.165, 1.54) is 87.6 Å². The van der Waals surface area contributed by atoms with Crippen LogP contribution in [0.2, 0.25) is 0 Å². The van der Waals surface area contributed by atoms with Crippen LogP contribution in [0.4, 0.5) is 0 Å². The number of benzene rings is 9. The summed E-state index contributed by atoms with van der Waals surface area (Å²) in [7, 11) is 0. The molecule has 0 unspecified atom stereocenters. The van der Waals surface area contributed by atoms with E-state index in [0.29, 0.717) is 0 Å². The molecule has 0 nitrogen and oxygen atoms in total. The van der Waals surface area contributed by atoms with E-state index in [1.807, 2.05) is 0 Å². The van der Waals surface area contributed by atoms with Crippen molar-refractivity contribution < 1.29 is 0 Å². The Labute approximate surface area is 268 Å². The SMILES string of the molecule is c1ccc(-c2ccc(-c3c4ccccc4c(-c4ccc(-c5ccccc5)cc4)c4c3ccc3c5ccccc5ccc34)cc2)cc1. The summed E-state index contributed by atoms with van der Waals surface area (Å²) in [6, 6.07) is 66.5. The van der Waals surface area contributed by atoms with Crippen LogP contribution >= 0.6 is 0 Å². The number of hydrogen-bond donors (Lipinski definition) is 0. The molecule has 0 N–H and O–H groups in total. The quantitative estimate of drug-likeness (QED) is 0.143. The monoisotopic (exact) mass is 582 g/mol. The van der Waals surface area contributed by atoms with Gasteiger partial charge in [-0.1, -0.05) is 182 Å². The molecule has 0 saturated carbocycles. The third-order valence-electron chi connectivity index (χ3n) is 9.47. The zero-order valence-electron chi connectivity index (χ0n) is 25.3. The van der Waals surface area contributed by atoms with Gasteiger partial charge in [0.1, 0.15) is 0 Å². The van der Waals surface area contributed by atoms with Gasteiger partial charge in [-0.15, -0.1) is 0 Å². The fourth-order valence-electron chi connectivity index (χ4n) is 7.30. The highest BCUT2D eigenvalue weighted by Gasteiger charge is 2.19. The second kappa shape index (κ2) is 10.9. The van der Waals surface area contributed by atoms with E-state index in [2.05, 4.69) is 182 Å². The Morgan fingerprint density at radius 1 is 0.196 bits per heavy atom. The van der Waals surface area contributed by atoms with Crippen molar-refractivity contribution in [3.05, 3.63) is 182 Å². The van der Waals surface area contributed by atoms with Gasteiger partial charge in [0.2, 0.25) is 0 Å². The van der Waals surface area contributed by atoms with Crippen LogP contribution < -0.4 is 0 Å². The molecule has 9 rings (SSSR count). The van der Waals surface area contributed by atoms with Gasteiger partial charge < -0.3 is 0 Å². The molecule has 9 aromatic rings. The van der Waals surface area contributed by atoms with Crippen molar-refractivity contribution in [2.24, 2.45) is 0 Å². The largest absolute Gasteiger partial charge is 0.0622 e. The summed E-state index contributed by atoms with van der Waals surface area (Å²) in [6.07, 6.45) is 0. The Morgan fingerprint density at radius 2 is 0.609 bits per heavy atom. The van der Waals surface area contributed by atoms with Crippen LogP contribution in [0.3, 0.4) is 0 Å². The minimum absolute atomic E-state index is 1.23. The van der Waals surface area contributed by atoms with E-state index in [9.17, 15) is 0 Å². The average Bonchev–Trinajstić information content (AvgIpc) is 3.14. The van der Waals surface area contributed by atoms with Crippen LogP contribution in [0.5, 0.6) is 0 Å². The molecule has 0 bridgehead atoms. The normalized spacial score (nSPS) is 11.5. The molecule has 0 radical (unpaired) electrons. The van der Waals surface area contributed by atoms with Crippen molar-refractivity contribution >= 4 is 43.1 Å². The fraction of sp³-hybridized carbons (Fsp3) is 0. The number of hydrogen-bond acceptors (Lipinski definition) is 0. The Hall–Kier alpha value is -5.98. The molecule has 0 aliphatic carbocycles. The first-order valence-electron chi connectivity index (χ1n) is 15.9. The molecule has 0 aliphatic heterocycles. The highest BCUT2D eigenvalue weighted by atomic mass is 14.2. The first-order chi connectivity index (χ1) is 22.8. The molecule has 0 spiro atoms. The van der Waals surface area contributed by atoms with E-state index in [0.717, 1.165) is 0 Å². The fourth-order valence-corrected chi connectivity index (χ4v) is 7.30. The summed E-state index contributed by atoms with van der Waals surface area (Å²) in [5, 5.41) is 10.2. The van der Waals surface area contributed by atoms with Gasteiger partial charge in [-0.3, -0.25) is 0 Å². The van der Waals surface area contributed by atoms with E-state index < -0.39 is 0 Å². The van der Waals surface area contributed by atoms with Crippen LogP contribution in [0.1, 0.15) is 0 Å². The van der Waals surface area contributed by atoms with Crippen molar-refractivity contribution in [1.29, 1.82) is 0 Å². The topological polar surface area (TPSA) is 0 Å². The molecule has 0 atom stereocenters. The minimum atomic E-state index is 1.23. The van der Waals surface area contributed by atoms with Gasteiger partial charge in [-0.05, 0) is 87.6 Å². The molecular weight excluding hydrogens is 553 g/mol. The van der Waals surface area contributed by atoms with Crippen LogP contribution in [0, 0.1) is 0 Å². The molecule has 9 aromatic carbocycles. The molecule has 0 aliphatic rings. The van der Waals surface area contributed by atoms with Crippen molar-refractivity contribution in [3.63, 3.8) is 0 Å². The first-order valence-corrected chi connectivity index (χ1v) is 15.9. The summed E-state index contributed by atoms with van der Waals surface area (Å²) in [4.78, 5) is 0. The average molecular weight is 583 g/mol. The summed E-state index contributed by atoms with van der Waals surface area (Å²) in [6.45, 7) is 0. The van der Waals surface area contributed by atoms with Crippen molar-refractivity contribution in [1.82, 2.24) is 0 Å². The number of fused-ring (bicyclic) bond motifs is 6. The Morgan fingerprint density at radius 3 is 1.22 bits per heavy atom. The summed E-state index contributed by atoms with van der Waals surface area (Å²) >= 11 is 0. The van der Waals surface area contributed by atoms with Gasteiger partial charge in [0.05, 0.1) is 0 Å². The molecule has 0 fully saturated rings. The van der Waals surface area contributed by atoms with Crippen LogP contribution in [-0.2, 0) is 0 Å². The highest BCUT2D eigenvalue weighted by molar-refractivity contribution is 6.30. The molecule has 46 heavy (non-hydrogen) atoms. The molecule has 214 valence electrons. The summed E-state index contributed by atoms with van der Waals surface area (Å²) in [5.41, 5.74) is 9.94. The van der Waals surface area contributed by atoms with Gasteiger partial charge in [0.25, 0.3) is 0 Å². The van der Waals surface area contributed by atoms with Crippen LogP contribution in [0.15, 0.2) is 182 Å². The third kappa shape index (κ3) is 4.30. The van der Waals surface area contributed by atoms with Gasteiger partial charge in [-0.25, -0.2) is 0 Å². The Balaban J connectivity index is 1.37. The lowest BCUT2D eigenvalue weighted by Gasteiger charge is -2.20. The van der Waals surface area contributed by atoms with Gasteiger partial charge >= 0.3 is 0 Å². The summed E-state index contributed by atoms with van der Waals surface area (Å²) in [5.74, 6) is 0. The lowest BCUT2D eigenvalue weighted by Crippen LogP contribution is -1.93. The maximum Gasteiger partial charge on any atom is -0.00139 e. The van der Waals surface area contributed by atoms with Crippen LogP contribution in [0.25, 0.3) is 87.6 Å². The molecule has 0 heterocycles. The van der Waals surface area contributed by atoms with Crippen molar-refractivity contribution in [2.75, 3.05) is 0 Å². The Kier molecular flexibility index (Phi) is 6.25. The van der Waals surface area contributed by atoms with Crippen molar-refractivity contribution in [3.8, 4) is 44.5 Å². The maximum absolute atomic E-state index is 2.36. The second-order valence-corrected chi connectivity index (χ2v) is 12.1. The van der Waals surface area contributed by atoms with Gasteiger partial charge in [0, 0.05) is 0 Å². The van der Waals surface area contributed by atoms with Crippen LogP contribution in [-0.4, -0.2) is 0 Å². The van der Waals surface area contributed by atoms with E-state index in [-0.39, 0.29) is 0 Å². The maximum atomic E-state index is 2.36. The lowest BCUT2D eigenvalue weighted by atomic mass is 9.83. The smallest absolute Gasteiger partial charge is 0.00139 e. The first kappa shape index (κ1) is 26.4. The van der Waals surface area contributed by atoms with E-state index in [4.69, 9.17) is 0 Å². The second-order valence-electron chi connectivity index (χ2n) is 12.1. The molecule has 0 amide bonds. The molecule has 0 aromatic heterocycles. The molecule has 0 saturated heterocycles. The zero-order chi connectivity index (χ0) is 30.5. The van der Waals surface area contributed by atoms with E-state index >= 15 is 0 Å². The zero-order valence-corrected chi connectivity index (χ0v) is 25.3. The minimum Gasteiger partial charge on any atom is -0.0622 e.